The molecule has 1 unspecified atom stereocenters. The minimum atomic E-state index is 0.249. The van der Waals surface area contributed by atoms with Gasteiger partial charge < -0.3 is 0 Å². The minimum Gasteiger partial charge on any atom is -0.282 e. The summed E-state index contributed by atoms with van der Waals surface area (Å²) in [6.45, 7) is 3.05. The van der Waals surface area contributed by atoms with Crippen LogP contribution in [0.2, 0.25) is 0 Å². The Morgan fingerprint density at radius 3 is 3.09 bits per heavy atom. The zero-order valence-corrected chi connectivity index (χ0v) is 13.2. The van der Waals surface area contributed by atoms with Crippen molar-refractivity contribution in [3.8, 4) is 11.6 Å². The van der Waals surface area contributed by atoms with Gasteiger partial charge in [0.1, 0.15) is 12.2 Å². The van der Waals surface area contributed by atoms with E-state index in [0.29, 0.717) is 11.6 Å². The summed E-state index contributed by atoms with van der Waals surface area (Å²) < 4.78 is 2.04. The Kier molecular flexibility index (Phi) is 3.64. The van der Waals surface area contributed by atoms with Crippen LogP contribution in [0.25, 0.3) is 11.6 Å². The van der Waals surface area contributed by atoms with Gasteiger partial charge >= 0.3 is 0 Å². The highest BCUT2D eigenvalue weighted by atomic mass is 15.4. The van der Waals surface area contributed by atoms with E-state index in [4.69, 9.17) is 4.98 Å². The molecule has 120 valence electrons. The molecule has 0 amide bonds. The molecular formula is C15H20N8. The van der Waals surface area contributed by atoms with E-state index in [9.17, 15) is 0 Å². The number of aromatic amines is 2. The summed E-state index contributed by atoms with van der Waals surface area (Å²) in [4.78, 5) is 8.96. The van der Waals surface area contributed by atoms with Crippen LogP contribution in [0.4, 0.5) is 0 Å². The maximum atomic E-state index is 4.78. The van der Waals surface area contributed by atoms with Crippen molar-refractivity contribution in [2.45, 2.75) is 51.5 Å². The van der Waals surface area contributed by atoms with Gasteiger partial charge in [0.05, 0.1) is 6.20 Å². The molecule has 0 spiro atoms. The number of rotatable bonds is 5. The molecule has 0 fully saturated rings. The number of fused-ring (bicyclic) bond motifs is 1. The molecule has 1 atom stereocenters. The summed E-state index contributed by atoms with van der Waals surface area (Å²) in [6.07, 6.45) is 8.90. The Labute approximate surface area is 133 Å². The number of hydrogen-bond donors (Lipinski definition) is 2. The predicted octanol–water partition coefficient (Wildman–Crippen LogP) is 2.05. The van der Waals surface area contributed by atoms with Gasteiger partial charge in [-0.15, -0.1) is 5.10 Å². The lowest BCUT2D eigenvalue weighted by atomic mass is 9.86. The molecule has 1 aliphatic carbocycles. The smallest absolute Gasteiger partial charge is 0.218 e. The molecule has 0 saturated carbocycles. The molecule has 3 aromatic heterocycles. The van der Waals surface area contributed by atoms with Crippen LogP contribution >= 0.6 is 0 Å². The van der Waals surface area contributed by atoms with Gasteiger partial charge in [0, 0.05) is 23.7 Å². The third kappa shape index (κ3) is 2.54. The van der Waals surface area contributed by atoms with Gasteiger partial charge in [0.15, 0.2) is 5.82 Å². The molecule has 8 nitrogen and oxygen atoms in total. The maximum absolute atomic E-state index is 4.78. The highest BCUT2D eigenvalue weighted by molar-refractivity contribution is 5.42. The minimum absolute atomic E-state index is 0.249. The summed E-state index contributed by atoms with van der Waals surface area (Å²) >= 11 is 0. The van der Waals surface area contributed by atoms with Crippen LogP contribution < -0.4 is 0 Å². The predicted molar refractivity (Wildman–Crippen MR) is 83.7 cm³/mol. The standard InChI is InChI=1S/C15H20N8/c1-2-3-7-23-15(19-14(22-23)13-16-9-18-21-13)10-5-4-6-12-11(10)8-17-20-12/h8-10H,2-7H2,1H3,(H,17,20)(H,16,18,21). The summed E-state index contributed by atoms with van der Waals surface area (Å²) in [5.74, 6) is 2.49. The van der Waals surface area contributed by atoms with Gasteiger partial charge in [-0.1, -0.05) is 13.3 Å². The highest BCUT2D eigenvalue weighted by Gasteiger charge is 2.28. The van der Waals surface area contributed by atoms with Crippen LogP contribution in [0.5, 0.6) is 0 Å². The van der Waals surface area contributed by atoms with Crippen LogP contribution in [0.15, 0.2) is 12.5 Å². The number of aryl methyl sites for hydroxylation is 2. The molecule has 0 aromatic carbocycles. The van der Waals surface area contributed by atoms with Crippen molar-refractivity contribution in [1.29, 1.82) is 0 Å². The largest absolute Gasteiger partial charge is 0.282 e. The van der Waals surface area contributed by atoms with Crippen LogP contribution in [0.3, 0.4) is 0 Å². The second-order valence-corrected chi connectivity index (χ2v) is 5.95. The molecule has 8 heteroatoms. The molecule has 3 aromatic rings. The molecule has 0 bridgehead atoms. The topological polar surface area (TPSA) is 101 Å². The van der Waals surface area contributed by atoms with E-state index in [1.807, 2.05) is 10.9 Å². The van der Waals surface area contributed by atoms with E-state index in [2.05, 4.69) is 37.4 Å². The fraction of sp³-hybridized carbons (Fsp3) is 0.533. The fourth-order valence-corrected chi connectivity index (χ4v) is 3.23. The van der Waals surface area contributed by atoms with Crippen LogP contribution in [-0.4, -0.2) is 40.1 Å². The molecule has 3 heterocycles. The SMILES string of the molecule is CCCCn1nc(-c2ncn[nH]2)nc1C1CCCc2[nH]ncc21. The Balaban J connectivity index is 1.75. The lowest BCUT2D eigenvalue weighted by Gasteiger charge is -2.21. The number of H-pyrrole nitrogens is 2. The maximum Gasteiger partial charge on any atom is 0.218 e. The molecule has 0 saturated heterocycles. The fourth-order valence-electron chi connectivity index (χ4n) is 3.23. The third-order valence-corrected chi connectivity index (χ3v) is 4.41. The van der Waals surface area contributed by atoms with E-state index < -0.39 is 0 Å². The van der Waals surface area contributed by atoms with E-state index in [1.165, 1.54) is 17.6 Å². The van der Waals surface area contributed by atoms with E-state index in [1.54, 1.807) is 0 Å². The summed E-state index contributed by atoms with van der Waals surface area (Å²) in [6, 6.07) is 0. The van der Waals surface area contributed by atoms with Crippen molar-refractivity contribution in [2.24, 2.45) is 0 Å². The van der Waals surface area contributed by atoms with Crippen molar-refractivity contribution >= 4 is 0 Å². The first kappa shape index (κ1) is 14.1. The molecule has 4 rings (SSSR count). The molecule has 0 radical (unpaired) electrons. The number of hydrogen-bond acceptors (Lipinski definition) is 5. The Bertz CT molecular complexity index is 769. The Morgan fingerprint density at radius 1 is 1.30 bits per heavy atom. The van der Waals surface area contributed by atoms with E-state index in [0.717, 1.165) is 44.5 Å². The summed E-state index contributed by atoms with van der Waals surface area (Å²) in [7, 11) is 0. The zero-order chi connectivity index (χ0) is 15.6. The molecule has 1 aliphatic rings. The highest BCUT2D eigenvalue weighted by Crippen LogP contribution is 2.35. The van der Waals surface area contributed by atoms with Crippen LogP contribution in [-0.2, 0) is 13.0 Å². The van der Waals surface area contributed by atoms with Gasteiger partial charge in [-0.05, 0) is 25.7 Å². The number of nitrogens with one attached hydrogen (secondary N) is 2. The van der Waals surface area contributed by atoms with Gasteiger partial charge in [-0.2, -0.15) is 10.2 Å². The first-order valence-corrected chi connectivity index (χ1v) is 8.19. The van der Waals surface area contributed by atoms with Gasteiger partial charge in [-0.25, -0.2) is 14.6 Å². The molecular weight excluding hydrogens is 292 g/mol. The van der Waals surface area contributed by atoms with Crippen LogP contribution in [0, 0.1) is 0 Å². The quantitative estimate of drug-likeness (QED) is 0.751. The van der Waals surface area contributed by atoms with Gasteiger partial charge in [0.25, 0.3) is 0 Å². The van der Waals surface area contributed by atoms with E-state index >= 15 is 0 Å². The first-order valence-electron chi connectivity index (χ1n) is 8.19. The second-order valence-electron chi connectivity index (χ2n) is 5.95. The number of nitrogens with zero attached hydrogens (tertiary/aromatic N) is 6. The third-order valence-electron chi connectivity index (χ3n) is 4.41. The van der Waals surface area contributed by atoms with Crippen molar-refractivity contribution in [1.82, 2.24) is 40.1 Å². The Morgan fingerprint density at radius 2 is 2.26 bits per heavy atom. The monoisotopic (exact) mass is 312 g/mol. The lowest BCUT2D eigenvalue weighted by Crippen LogP contribution is -2.16. The zero-order valence-electron chi connectivity index (χ0n) is 13.2. The average molecular weight is 312 g/mol. The second kappa shape index (κ2) is 5.94. The van der Waals surface area contributed by atoms with Crippen molar-refractivity contribution in [3.05, 3.63) is 29.6 Å². The number of aromatic nitrogens is 8. The number of unbranched alkanes of at least 4 members (excludes halogenated alkanes) is 1. The Hall–Kier alpha value is -2.51. The van der Waals surface area contributed by atoms with Crippen LogP contribution in [0.1, 0.15) is 55.6 Å². The van der Waals surface area contributed by atoms with Crippen molar-refractivity contribution < 1.29 is 0 Å². The van der Waals surface area contributed by atoms with Gasteiger partial charge in [0.2, 0.25) is 5.82 Å². The summed E-state index contributed by atoms with van der Waals surface area (Å²) in [5, 5.41) is 18.7. The molecule has 2 N–H and O–H groups in total. The van der Waals surface area contributed by atoms with Crippen molar-refractivity contribution in [3.63, 3.8) is 0 Å². The lowest BCUT2D eigenvalue weighted by molar-refractivity contribution is 0.501. The average Bonchev–Trinajstić information content (AvgIpc) is 3.31. The normalized spacial score (nSPS) is 17.3. The molecule has 0 aliphatic heterocycles. The molecule has 23 heavy (non-hydrogen) atoms. The van der Waals surface area contributed by atoms with Gasteiger partial charge in [-0.3, -0.25) is 10.2 Å². The first-order chi connectivity index (χ1) is 11.4. The van der Waals surface area contributed by atoms with E-state index in [-0.39, 0.29) is 5.92 Å². The van der Waals surface area contributed by atoms with Crippen molar-refractivity contribution in [2.75, 3.05) is 0 Å². The summed E-state index contributed by atoms with van der Waals surface area (Å²) in [5.41, 5.74) is 2.48.